The van der Waals surface area contributed by atoms with Crippen molar-refractivity contribution in [1.82, 2.24) is 24.7 Å². The first-order valence-corrected chi connectivity index (χ1v) is 7.27. The average molecular weight is 288 g/mol. The zero-order chi connectivity index (χ0) is 14.8. The molecule has 2 aromatic heterocycles. The highest BCUT2D eigenvalue weighted by atomic mass is 16.5. The van der Waals surface area contributed by atoms with Crippen LogP contribution >= 0.6 is 0 Å². The summed E-state index contributed by atoms with van der Waals surface area (Å²) in [5.41, 5.74) is 6.65. The molecule has 2 aromatic rings. The van der Waals surface area contributed by atoms with E-state index in [9.17, 15) is 0 Å². The third kappa shape index (κ3) is 2.96. The Morgan fingerprint density at radius 1 is 1.29 bits per heavy atom. The van der Waals surface area contributed by atoms with Crippen molar-refractivity contribution in [1.29, 1.82) is 0 Å². The van der Waals surface area contributed by atoms with Crippen LogP contribution in [0, 0.1) is 0 Å². The first kappa shape index (κ1) is 13.8. The van der Waals surface area contributed by atoms with Gasteiger partial charge in [-0.2, -0.15) is 0 Å². The van der Waals surface area contributed by atoms with Crippen LogP contribution in [-0.4, -0.2) is 30.8 Å². The van der Waals surface area contributed by atoms with Crippen molar-refractivity contribution < 1.29 is 4.74 Å². The molecule has 0 bridgehead atoms. The van der Waals surface area contributed by atoms with E-state index in [1.54, 1.807) is 6.33 Å². The van der Waals surface area contributed by atoms with Gasteiger partial charge in [-0.15, -0.1) is 5.10 Å². The van der Waals surface area contributed by atoms with Gasteiger partial charge < -0.3 is 10.5 Å². The third-order valence-electron chi connectivity index (χ3n) is 3.92. The molecule has 7 heteroatoms. The van der Waals surface area contributed by atoms with Gasteiger partial charge in [0.2, 0.25) is 5.95 Å². The molecule has 0 spiro atoms. The standard InChI is InChI=1S/C14H20N6O/c1-9(2)20-8-18-19-14(20)21-12-4-3-10(5-12)11-6-16-13(15)17-7-11/h6-10,12H,3-5H2,1-2H3,(H2,15,16,17)/t10-,12+/m1/s1. The van der Waals surface area contributed by atoms with Crippen LogP contribution in [0.25, 0.3) is 0 Å². The van der Waals surface area contributed by atoms with E-state index in [0.717, 1.165) is 24.8 Å². The minimum Gasteiger partial charge on any atom is -0.460 e. The van der Waals surface area contributed by atoms with E-state index in [2.05, 4.69) is 34.0 Å². The number of aromatic nitrogens is 5. The number of ether oxygens (including phenoxy) is 1. The summed E-state index contributed by atoms with van der Waals surface area (Å²) < 4.78 is 7.95. The largest absolute Gasteiger partial charge is 0.460 e. The molecule has 3 rings (SSSR count). The van der Waals surface area contributed by atoms with E-state index < -0.39 is 0 Å². The van der Waals surface area contributed by atoms with Crippen LogP contribution in [0.2, 0.25) is 0 Å². The van der Waals surface area contributed by atoms with Gasteiger partial charge in [0.05, 0.1) is 0 Å². The van der Waals surface area contributed by atoms with Crippen LogP contribution in [0.5, 0.6) is 6.01 Å². The van der Waals surface area contributed by atoms with Gasteiger partial charge in [-0.3, -0.25) is 4.57 Å². The van der Waals surface area contributed by atoms with Gasteiger partial charge in [-0.05, 0) is 44.6 Å². The van der Waals surface area contributed by atoms with Crippen LogP contribution in [-0.2, 0) is 0 Å². The van der Waals surface area contributed by atoms with E-state index in [4.69, 9.17) is 10.5 Å². The minimum atomic E-state index is 0.161. The first-order valence-electron chi connectivity index (χ1n) is 7.27. The van der Waals surface area contributed by atoms with Gasteiger partial charge >= 0.3 is 6.01 Å². The molecule has 1 aliphatic rings. The van der Waals surface area contributed by atoms with Crippen molar-refractivity contribution in [2.75, 3.05) is 5.73 Å². The van der Waals surface area contributed by atoms with Crippen LogP contribution in [0.15, 0.2) is 18.7 Å². The van der Waals surface area contributed by atoms with E-state index >= 15 is 0 Å². The summed E-state index contributed by atoms with van der Waals surface area (Å²) in [5, 5.41) is 7.99. The van der Waals surface area contributed by atoms with Crippen LogP contribution in [0.4, 0.5) is 5.95 Å². The van der Waals surface area contributed by atoms with E-state index in [0.29, 0.717) is 17.9 Å². The highest BCUT2D eigenvalue weighted by Crippen LogP contribution is 2.35. The Kier molecular flexibility index (Phi) is 3.72. The highest BCUT2D eigenvalue weighted by molar-refractivity contribution is 5.21. The Bertz CT molecular complexity index is 594. The molecule has 112 valence electrons. The summed E-state index contributed by atoms with van der Waals surface area (Å²) in [5.74, 6) is 0.737. The molecular formula is C14H20N6O. The predicted octanol–water partition coefficient (Wildman–Crippen LogP) is 1.95. The van der Waals surface area contributed by atoms with Crippen molar-refractivity contribution in [2.24, 2.45) is 0 Å². The average Bonchev–Trinajstić information content (AvgIpc) is 3.09. The molecule has 1 saturated carbocycles. The molecule has 2 heterocycles. The molecule has 0 aliphatic heterocycles. The second-order valence-corrected chi connectivity index (χ2v) is 5.74. The second kappa shape index (κ2) is 5.67. The quantitative estimate of drug-likeness (QED) is 0.924. The molecule has 2 atom stereocenters. The van der Waals surface area contributed by atoms with Crippen molar-refractivity contribution >= 4 is 5.95 Å². The lowest BCUT2D eigenvalue weighted by molar-refractivity contribution is 0.178. The maximum atomic E-state index is 6.01. The lowest BCUT2D eigenvalue weighted by atomic mass is 10.0. The van der Waals surface area contributed by atoms with E-state index in [1.807, 2.05) is 17.0 Å². The van der Waals surface area contributed by atoms with Gasteiger partial charge in [0, 0.05) is 18.4 Å². The smallest absolute Gasteiger partial charge is 0.317 e. The van der Waals surface area contributed by atoms with Crippen molar-refractivity contribution in [3.63, 3.8) is 0 Å². The fourth-order valence-electron chi connectivity index (χ4n) is 2.73. The number of nitrogens with zero attached hydrogens (tertiary/aromatic N) is 5. The third-order valence-corrected chi connectivity index (χ3v) is 3.92. The van der Waals surface area contributed by atoms with Gasteiger partial charge in [0.1, 0.15) is 12.4 Å². The Morgan fingerprint density at radius 2 is 2.05 bits per heavy atom. The Balaban J connectivity index is 1.64. The van der Waals surface area contributed by atoms with Gasteiger partial charge in [0.25, 0.3) is 0 Å². The zero-order valence-corrected chi connectivity index (χ0v) is 12.3. The summed E-state index contributed by atoms with van der Waals surface area (Å²) in [6.07, 6.45) is 8.50. The summed E-state index contributed by atoms with van der Waals surface area (Å²) in [6.45, 7) is 4.17. The lowest BCUT2D eigenvalue weighted by Gasteiger charge is -2.15. The van der Waals surface area contributed by atoms with Gasteiger partial charge in [0.15, 0.2) is 0 Å². The molecule has 0 amide bonds. The number of hydrogen-bond donors (Lipinski definition) is 1. The van der Waals surface area contributed by atoms with Gasteiger partial charge in [-0.1, -0.05) is 5.10 Å². The molecule has 0 unspecified atom stereocenters. The Morgan fingerprint density at radius 3 is 2.76 bits per heavy atom. The molecular weight excluding hydrogens is 268 g/mol. The fourth-order valence-corrected chi connectivity index (χ4v) is 2.73. The highest BCUT2D eigenvalue weighted by Gasteiger charge is 2.29. The molecule has 0 aromatic carbocycles. The Hall–Kier alpha value is -2.18. The molecule has 2 N–H and O–H groups in total. The number of hydrogen-bond acceptors (Lipinski definition) is 6. The summed E-state index contributed by atoms with van der Waals surface area (Å²) in [7, 11) is 0. The summed E-state index contributed by atoms with van der Waals surface area (Å²) >= 11 is 0. The number of nitrogens with two attached hydrogens (primary N) is 1. The lowest BCUT2D eigenvalue weighted by Crippen LogP contribution is -2.16. The van der Waals surface area contributed by atoms with Crippen LogP contribution in [0.3, 0.4) is 0 Å². The molecule has 0 saturated heterocycles. The topological polar surface area (TPSA) is 91.7 Å². The van der Waals surface area contributed by atoms with Crippen LogP contribution in [0.1, 0.15) is 50.6 Å². The van der Waals surface area contributed by atoms with E-state index in [-0.39, 0.29) is 12.1 Å². The van der Waals surface area contributed by atoms with Crippen molar-refractivity contribution in [2.45, 2.75) is 51.2 Å². The molecule has 0 radical (unpaired) electrons. The monoisotopic (exact) mass is 288 g/mol. The fraction of sp³-hybridized carbons (Fsp3) is 0.571. The maximum Gasteiger partial charge on any atom is 0.317 e. The second-order valence-electron chi connectivity index (χ2n) is 5.74. The first-order chi connectivity index (χ1) is 10.1. The van der Waals surface area contributed by atoms with Crippen LogP contribution < -0.4 is 10.5 Å². The predicted molar refractivity (Wildman–Crippen MR) is 77.9 cm³/mol. The van der Waals surface area contributed by atoms with Crippen molar-refractivity contribution in [3.05, 3.63) is 24.3 Å². The molecule has 21 heavy (non-hydrogen) atoms. The summed E-state index contributed by atoms with van der Waals surface area (Å²) in [4.78, 5) is 8.12. The molecule has 1 fully saturated rings. The SMILES string of the molecule is CC(C)n1cnnc1O[C@H]1CC[C@@H](c2cnc(N)nc2)C1. The zero-order valence-electron chi connectivity index (χ0n) is 12.3. The maximum absolute atomic E-state index is 6.01. The number of rotatable bonds is 4. The number of nitrogen functional groups attached to an aromatic ring is 1. The summed E-state index contributed by atoms with van der Waals surface area (Å²) in [6, 6.07) is 0.891. The molecule has 7 nitrogen and oxygen atoms in total. The van der Waals surface area contributed by atoms with Gasteiger partial charge in [-0.25, -0.2) is 9.97 Å². The van der Waals surface area contributed by atoms with E-state index in [1.165, 1.54) is 0 Å². The normalized spacial score (nSPS) is 21.9. The molecule has 1 aliphatic carbocycles. The minimum absolute atomic E-state index is 0.161. The number of anilines is 1. The van der Waals surface area contributed by atoms with Crippen molar-refractivity contribution in [3.8, 4) is 6.01 Å². The Labute approximate surface area is 123 Å².